The van der Waals surface area contributed by atoms with Crippen LogP contribution in [-0.4, -0.2) is 0 Å². The van der Waals surface area contributed by atoms with Crippen molar-refractivity contribution in [3.63, 3.8) is 0 Å². The fourth-order valence-electron chi connectivity index (χ4n) is 10.9. The number of nitriles is 2. The van der Waals surface area contributed by atoms with Crippen LogP contribution in [0.1, 0.15) is 48.6 Å². The molecule has 0 fully saturated rings. The van der Waals surface area contributed by atoms with Gasteiger partial charge in [0.15, 0.2) is 0 Å². The maximum Gasteiger partial charge on any atom is 0.0991 e. The van der Waals surface area contributed by atoms with Crippen LogP contribution in [0.5, 0.6) is 0 Å². The van der Waals surface area contributed by atoms with Gasteiger partial charge < -0.3 is 9.80 Å². The summed E-state index contributed by atoms with van der Waals surface area (Å²) in [4.78, 5) is 4.95. The second-order valence-electron chi connectivity index (χ2n) is 20.9. The average Bonchev–Trinajstić information content (AvgIpc) is 3.47. The maximum absolute atomic E-state index is 9.74. The van der Waals surface area contributed by atoms with Gasteiger partial charge in [0.2, 0.25) is 0 Å². The van der Waals surface area contributed by atoms with E-state index in [0.717, 1.165) is 101 Å². The van der Waals surface area contributed by atoms with Gasteiger partial charge in [0.25, 0.3) is 0 Å². The summed E-state index contributed by atoms with van der Waals surface area (Å²) in [5.74, 6) is 0. The molecule has 0 bridgehead atoms. The van der Waals surface area contributed by atoms with Crippen molar-refractivity contribution in [1.29, 1.82) is 10.5 Å². The lowest BCUT2D eigenvalue weighted by atomic mass is 9.83. The van der Waals surface area contributed by atoms with E-state index in [1.165, 1.54) is 27.1 Å². The van der Waals surface area contributed by atoms with Crippen LogP contribution in [0.25, 0.3) is 76.8 Å². The lowest BCUT2D eigenvalue weighted by Gasteiger charge is -2.34. The molecular formula is C72H54N4. The second-order valence-corrected chi connectivity index (χ2v) is 20.9. The molecule has 4 heteroatoms. The lowest BCUT2D eigenvalue weighted by molar-refractivity contribution is 0.591. The standard InChI is InChI=1S/C72H54N4/c1-47-22-28-57(51-14-8-6-9-15-51)42-66(47)75(62-20-12-18-55(40-62)53-30-24-49(45-73)25-31-53)68-44-69(65-37-35-60-39-61(72(3,4)5)38-59-34-36-64(68)71(65)70(59)60)76(67-43-58(29-23-48(67)2)52-16-10-7-11-17-52)63-21-13-19-56(41-63)54-32-26-50(46-74)27-33-54/h6-44H,1-5H3. The van der Waals surface area contributed by atoms with Crippen LogP contribution in [0, 0.1) is 36.5 Å². The van der Waals surface area contributed by atoms with Crippen LogP contribution in [-0.2, 0) is 5.41 Å². The van der Waals surface area contributed by atoms with E-state index in [-0.39, 0.29) is 5.41 Å². The zero-order valence-electron chi connectivity index (χ0n) is 43.3. The van der Waals surface area contributed by atoms with Crippen molar-refractivity contribution in [3.8, 4) is 56.6 Å². The van der Waals surface area contributed by atoms with Gasteiger partial charge in [-0.3, -0.25) is 0 Å². The summed E-state index contributed by atoms with van der Waals surface area (Å²) < 4.78 is 0. The molecule has 0 spiro atoms. The van der Waals surface area contributed by atoms with Crippen molar-refractivity contribution >= 4 is 66.4 Å². The van der Waals surface area contributed by atoms with Crippen LogP contribution in [0.2, 0.25) is 0 Å². The highest BCUT2D eigenvalue weighted by atomic mass is 15.2. The zero-order chi connectivity index (χ0) is 52.1. The van der Waals surface area contributed by atoms with Gasteiger partial charge in [0, 0.05) is 38.9 Å². The van der Waals surface area contributed by atoms with Crippen molar-refractivity contribution in [2.24, 2.45) is 0 Å². The first-order chi connectivity index (χ1) is 37.0. The third-order valence-corrected chi connectivity index (χ3v) is 15.0. The van der Waals surface area contributed by atoms with Crippen LogP contribution in [0.3, 0.4) is 0 Å². The van der Waals surface area contributed by atoms with E-state index in [1.807, 2.05) is 48.5 Å². The van der Waals surface area contributed by atoms with Gasteiger partial charge in [-0.25, -0.2) is 0 Å². The van der Waals surface area contributed by atoms with E-state index in [9.17, 15) is 10.5 Å². The van der Waals surface area contributed by atoms with E-state index < -0.39 is 0 Å². The Morgan fingerprint density at radius 2 is 0.711 bits per heavy atom. The minimum atomic E-state index is -0.0587. The van der Waals surface area contributed by atoms with Crippen LogP contribution < -0.4 is 9.80 Å². The molecule has 0 aliphatic carbocycles. The molecule has 0 radical (unpaired) electrons. The van der Waals surface area contributed by atoms with Gasteiger partial charge in [-0.05, 0) is 163 Å². The topological polar surface area (TPSA) is 54.1 Å². The first-order valence-corrected chi connectivity index (χ1v) is 25.9. The van der Waals surface area contributed by atoms with E-state index in [1.54, 1.807) is 0 Å². The Morgan fingerprint density at radius 3 is 1.12 bits per heavy atom. The van der Waals surface area contributed by atoms with Crippen molar-refractivity contribution < 1.29 is 0 Å². The molecule has 0 aliphatic heterocycles. The monoisotopic (exact) mass is 974 g/mol. The Bertz CT molecular complexity index is 3970. The van der Waals surface area contributed by atoms with Gasteiger partial charge in [-0.1, -0.05) is 191 Å². The summed E-state index contributed by atoms with van der Waals surface area (Å²) in [5.41, 5.74) is 19.6. The van der Waals surface area contributed by atoms with Gasteiger partial charge in [-0.15, -0.1) is 0 Å². The molecule has 12 aromatic carbocycles. The highest BCUT2D eigenvalue weighted by molar-refractivity contribution is 6.29. The first kappa shape index (κ1) is 47.3. The summed E-state index contributed by atoms with van der Waals surface area (Å²) in [6, 6.07) is 89.5. The third-order valence-electron chi connectivity index (χ3n) is 15.0. The van der Waals surface area contributed by atoms with Crippen molar-refractivity contribution in [1.82, 2.24) is 0 Å². The fraction of sp³-hybridized carbons (Fsp3) is 0.0833. The molecule has 0 aliphatic rings. The molecule has 12 aromatic rings. The van der Waals surface area contributed by atoms with E-state index >= 15 is 0 Å². The summed E-state index contributed by atoms with van der Waals surface area (Å²) in [5, 5.41) is 26.6. The number of hydrogen-bond acceptors (Lipinski definition) is 4. The largest absolute Gasteiger partial charge is 0.309 e. The molecule has 0 unspecified atom stereocenters. The van der Waals surface area contributed by atoms with E-state index in [2.05, 4.69) is 245 Å². The van der Waals surface area contributed by atoms with Crippen LogP contribution >= 0.6 is 0 Å². The number of anilines is 6. The predicted octanol–water partition coefficient (Wildman–Crippen LogP) is 19.8. The summed E-state index contributed by atoms with van der Waals surface area (Å²) >= 11 is 0. The molecule has 0 amide bonds. The zero-order valence-corrected chi connectivity index (χ0v) is 43.3. The average molecular weight is 975 g/mol. The highest BCUT2D eigenvalue weighted by Gasteiger charge is 2.28. The number of hydrogen-bond donors (Lipinski definition) is 0. The quantitative estimate of drug-likeness (QED) is 0.128. The second kappa shape index (κ2) is 19.3. The molecule has 76 heavy (non-hydrogen) atoms. The number of benzene rings is 12. The van der Waals surface area contributed by atoms with Crippen molar-refractivity contribution in [2.75, 3.05) is 9.80 Å². The van der Waals surface area contributed by atoms with E-state index in [4.69, 9.17) is 0 Å². The van der Waals surface area contributed by atoms with Gasteiger partial charge >= 0.3 is 0 Å². The normalized spacial score (nSPS) is 11.5. The molecule has 0 heterocycles. The Hall–Kier alpha value is -9.74. The highest BCUT2D eigenvalue weighted by Crippen LogP contribution is 2.52. The summed E-state index contributed by atoms with van der Waals surface area (Å²) in [6.07, 6.45) is 0. The Labute approximate surface area is 445 Å². The number of nitrogens with zero attached hydrogens (tertiary/aromatic N) is 4. The minimum absolute atomic E-state index is 0.0587. The molecule has 0 aromatic heterocycles. The SMILES string of the molecule is Cc1ccc(-c2ccccc2)cc1N(c1cccc(-c2ccc(C#N)cc2)c1)c1cc(N(c2cccc(-c3ccc(C#N)cc3)c2)c2cc(-c3ccccc3)ccc2C)c2ccc3cc(C(C)(C)C)cc4ccc1c2c43. The third kappa shape index (κ3) is 8.67. The van der Waals surface area contributed by atoms with Gasteiger partial charge in [-0.2, -0.15) is 10.5 Å². The molecule has 0 saturated heterocycles. The van der Waals surface area contributed by atoms with Crippen molar-refractivity contribution in [2.45, 2.75) is 40.0 Å². The molecular weight excluding hydrogens is 921 g/mol. The Kier molecular flexibility index (Phi) is 12.0. The smallest absolute Gasteiger partial charge is 0.0991 e. The lowest BCUT2D eigenvalue weighted by Crippen LogP contribution is -2.16. The molecule has 4 nitrogen and oxygen atoms in total. The molecule has 0 saturated carbocycles. The summed E-state index contributed by atoms with van der Waals surface area (Å²) in [6.45, 7) is 11.3. The maximum atomic E-state index is 9.74. The summed E-state index contributed by atoms with van der Waals surface area (Å²) in [7, 11) is 0. The molecule has 0 atom stereocenters. The van der Waals surface area contributed by atoms with Crippen molar-refractivity contribution in [3.05, 3.63) is 264 Å². The fourth-order valence-corrected chi connectivity index (χ4v) is 10.9. The van der Waals surface area contributed by atoms with Crippen LogP contribution in [0.15, 0.2) is 237 Å². The molecule has 0 N–H and O–H groups in total. The number of rotatable bonds is 10. The Balaban J connectivity index is 1.21. The minimum Gasteiger partial charge on any atom is -0.309 e. The van der Waals surface area contributed by atoms with E-state index in [0.29, 0.717) is 11.1 Å². The molecule has 362 valence electrons. The predicted molar refractivity (Wildman–Crippen MR) is 319 cm³/mol. The Morgan fingerprint density at radius 1 is 0.329 bits per heavy atom. The number of aryl methyl sites for hydroxylation is 2. The van der Waals surface area contributed by atoms with Gasteiger partial charge in [0.05, 0.1) is 34.6 Å². The van der Waals surface area contributed by atoms with Gasteiger partial charge in [0.1, 0.15) is 0 Å². The first-order valence-electron chi connectivity index (χ1n) is 25.9. The van der Waals surface area contributed by atoms with Crippen LogP contribution in [0.4, 0.5) is 34.1 Å². The molecule has 12 rings (SSSR count).